The second-order valence-corrected chi connectivity index (χ2v) is 5.13. The third-order valence-corrected chi connectivity index (χ3v) is 3.66. The summed E-state index contributed by atoms with van der Waals surface area (Å²) in [6.45, 7) is 2.70. The molecule has 0 spiro atoms. The van der Waals surface area contributed by atoms with Crippen LogP contribution in [0.15, 0.2) is 24.3 Å². The van der Waals surface area contributed by atoms with Crippen LogP contribution in [0.2, 0.25) is 0 Å². The van der Waals surface area contributed by atoms with Crippen LogP contribution in [0.25, 0.3) is 0 Å². The Labute approximate surface area is 111 Å². The number of benzene rings is 1. The van der Waals surface area contributed by atoms with Gasteiger partial charge in [0.25, 0.3) is 0 Å². The molecule has 0 bridgehead atoms. The van der Waals surface area contributed by atoms with Gasteiger partial charge in [-0.15, -0.1) is 0 Å². The molecule has 2 fully saturated rings. The van der Waals surface area contributed by atoms with Gasteiger partial charge in [-0.05, 0) is 24.1 Å². The number of hydrogen-bond donors (Lipinski definition) is 1. The summed E-state index contributed by atoms with van der Waals surface area (Å²) < 4.78 is 17.9. The van der Waals surface area contributed by atoms with Crippen molar-refractivity contribution < 1.29 is 13.9 Å². The van der Waals surface area contributed by atoms with Gasteiger partial charge in [-0.25, -0.2) is 4.39 Å². The van der Waals surface area contributed by atoms with Crippen LogP contribution in [0, 0.1) is 5.82 Å². The standard InChI is InChI=1S/C14H17FN2O2/c15-11-3-1-10(2-4-11)7-17-6-5-13(14(17)18)16-12-8-19-9-12/h1-4,12-13,16H,5-9H2. The topological polar surface area (TPSA) is 41.6 Å². The van der Waals surface area contributed by atoms with E-state index in [1.807, 2.05) is 4.90 Å². The molecule has 1 aromatic rings. The van der Waals surface area contributed by atoms with Crippen molar-refractivity contribution in [3.05, 3.63) is 35.6 Å². The van der Waals surface area contributed by atoms with Crippen molar-refractivity contribution in [2.45, 2.75) is 25.0 Å². The van der Waals surface area contributed by atoms with E-state index in [0.29, 0.717) is 25.8 Å². The molecule has 2 aliphatic rings. The fraction of sp³-hybridized carbons (Fsp3) is 0.500. The van der Waals surface area contributed by atoms with Crippen molar-refractivity contribution in [1.29, 1.82) is 0 Å². The van der Waals surface area contributed by atoms with Gasteiger partial charge in [0.15, 0.2) is 0 Å². The zero-order chi connectivity index (χ0) is 13.2. The van der Waals surface area contributed by atoms with Gasteiger partial charge < -0.3 is 9.64 Å². The average molecular weight is 264 g/mol. The van der Waals surface area contributed by atoms with Crippen LogP contribution in [-0.4, -0.2) is 42.6 Å². The summed E-state index contributed by atoms with van der Waals surface area (Å²) in [5, 5.41) is 3.31. The van der Waals surface area contributed by atoms with Crippen molar-refractivity contribution >= 4 is 5.91 Å². The van der Waals surface area contributed by atoms with E-state index in [1.54, 1.807) is 12.1 Å². The lowest BCUT2D eigenvalue weighted by molar-refractivity contribution is -0.130. The van der Waals surface area contributed by atoms with E-state index in [4.69, 9.17) is 4.74 Å². The Balaban J connectivity index is 1.57. The number of rotatable bonds is 4. The third kappa shape index (κ3) is 2.77. The van der Waals surface area contributed by atoms with E-state index in [0.717, 1.165) is 18.5 Å². The minimum atomic E-state index is -0.249. The average Bonchev–Trinajstić information content (AvgIpc) is 2.69. The van der Waals surface area contributed by atoms with Gasteiger partial charge in [0.2, 0.25) is 5.91 Å². The smallest absolute Gasteiger partial charge is 0.240 e. The Kier molecular flexibility index (Phi) is 3.48. The zero-order valence-electron chi connectivity index (χ0n) is 10.6. The van der Waals surface area contributed by atoms with E-state index in [1.165, 1.54) is 12.1 Å². The minimum absolute atomic E-state index is 0.0886. The fourth-order valence-electron chi connectivity index (χ4n) is 2.48. The highest BCUT2D eigenvalue weighted by atomic mass is 19.1. The van der Waals surface area contributed by atoms with E-state index < -0.39 is 0 Å². The first kappa shape index (κ1) is 12.6. The Morgan fingerprint density at radius 2 is 2.05 bits per heavy atom. The predicted molar refractivity (Wildman–Crippen MR) is 68.0 cm³/mol. The lowest BCUT2D eigenvalue weighted by atomic mass is 10.2. The molecule has 0 aliphatic carbocycles. The molecule has 19 heavy (non-hydrogen) atoms. The molecule has 1 unspecified atom stereocenters. The maximum atomic E-state index is 12.8. The van der Waals surface area contributed by atoms with Crippen LogP contribution >= 0.6 is 0 Å². The molecule has 5 heteroatoms. The van der Waals surface area contributed by atoms with Crippen molar-refractivity contribution in [1.82, 2.24) is 10.2 Å². The molecule has 2 aliphatic heterocycles. The summed E-state index contributed by atoms with van der Waals surface area (Å²) in [5.74, 6) is -0.114. The quantitative estimate of drug-likeness (QED) is 0.879. The van der Waals surface area contributed by atoms with Crippen molar-refractivity contribution in [3.8, 4) is 0 Å². The molecule has 1 aromatic carbocycles. The molecule has 0 saturated carbocycles. The number of carbonyl (C=O) groups is 1. The monoisotopic (exact) mass is 264 g/mol. The largest absolute Gasteiger partial charge is 0.378 e. The van der Waals surface area contributed by atoms with Crippen molar-refractivity contribution in [3.63, 3.8) is 0 Å². The predicted octanol–water partition coefficient (Wildman–Crippen LogP) is 0.915. The van der Waals surface area contributed by atoms with Crippen LogP contribution in [-0.2, 0) is 16.1 Å². The summed E-state index contributed by atoms with van der Waals surface area (Å²) in [4.78, 5) is 14.0. The number of ether oxygens (including phenoxy) is 1. The highest BCUT2D eigenvalue weighted by molar-refractivity contribution is 5.84. The van der Waals surface area contributed by atoms with E-state index >= 15 is 0 Å². The van der Waals surface area contributed by atoms with Gasteiger partial charge in [0.1, 0.15) is 5.82 Å². The van der Waals surface area contributed by atoms with Gasteiger partial charge in [-0.1, -0.05) is 12.1 Å². The molecule has 1 amide bonds. The molecule has 102 valence electrons. The van der Waals surface area contributed by atoms with Gasteiger partial charge in [0, 0.05) is 13.1 Å². The van der Waals surface area contributed by atoms with Gasteiger partial charge >= 0.3 is 0 Å². The summed E-state index contributed by atoms with van der Waals surface area (Å²) in [5.41, 5.74) is 0.961. The first-order valence-corrected chi connectivity index (χ1v) is 6.59. The Morgan fingerprint density at radius 3 is 2.68 bits per heavy atom. The van der Waals surface area contributed by atoms with Gasteiger partial charge in [0.05, 0.1) is 25.3 Å². The molecule has 0 radical (unpaired) electrons. The molecular weight excluding hydrogens is 247 g/mol. The molecule has 1 N–H and O–H groups in total. The maximum absolute atomic E-state index is 12.8. The second-order valence-electron chi connectivity index (χ2n) is 5.13. The summed E-state index contributed by atoms with van der Waals surface area (Å²) in [6, 6.07) is 6.54. The number of likely N-dealkylation sites (tertiary alicyclic amines) is 1. The highest BCUT2D eigenvalue weighted by Gasteiger charge is 2.34. The van der Waals surface area contributed by atoms with Crippen molar-refractivity contribution in [2.24, 2.45) is 0 Å². The van der Waals surface area contributed by atoms with Crippen LogP contribution in [0.1, 0.15) is 12.0 Å². The molecular formula is C14H17FN2O2. The Morgan fingerprint density at radius 1 is 1.32 bits per heavy atom. The number of amides is 1. The van der Waals surface area contributed by atoms with Crippen LogP contribution in [0.5, 0.6) is 0 Å². The summed E-state index contributed by atoms with van der Waals surface area (Å²) >= 11 is 0. The number of nitrogens with one attached hydrogen (secondary N) is 1. The lowest BCUT2D eigenvalue weighted by Crippen LogP contribution is -2.52. The van der Waals surface area contributed by atoms with Crippen LogP contribution in [0.4, 0.5) is 4.39 Å². The summed E-state index contributed by atoms with van der Waals surface area (Å²) in [6.07, 6.45) is 0.830. The van der Waals surface area contributed by atoms with E-state index in [2.05, 4.69) is 5.32 Å². The fourth-order valence-corrected chi connectivity index (χ4v) is 2.48. The first-order chi connectivity index (χ1) is 9.22. The normalized spacial score (nSPS) is 23.7. The Bertz CT molecular complexity index is 459. The highest BCUT2D eigenvalue weighted by Crippen LogP contribution is 2.17. The maximum Gasteiger partial charge on any atom is 0.240 e. The minimum Gasteiger partial charge on any atom is -0.378 e. The zero-order valence-corrected chi connectivity index (χ0v) is 10.6. The lowest BCUT2D eigenvalue weighted by Gasteiger charge is -2.29. The molecule has 4 nitrogen and oxygen atoms in total. The van der Waals surface area contributed by atoms with Crippen molar-refractivity contribution in [2.75, 3.05) is 19.8 Å². The number of halogens is 1. The number of carbonyl (C=O) groups excluding carboxylic acids is 1. The van der Waals surface area contributed by atoms with Gasteiger partial charge in [-0.3, -0.25) is 10.1 Å². The number of nitrogens with zero attached hydrogens (tertiary/aromatic N) is 1. The molecule has 0 aromatic heterocycles. The van der Waals surface area contributed by atoms with Gasteiger partial charge in [-0.2, -0.15) is 0 Å². The van der Waals surface area contributed by atoms with Crippen LogP contribution in [0.3, 0.4) is 0 Å². The molecule has 2 saturated heterocycles. The second kappa shape index (κ2) is 5.27. The molecule has 3 rings (SSSR count). The molecule has 2 heterocycles. The van der Waals surface area contributed by atoms with E-state index in [-0.39, 0.29) is 17.8 Å². The van der Waals surface area contributed by atoms with Crippen LogP contribution < -0.4 is 5.32 Å². The number of hydrogen-bond acceptors (Lipinski definition) is 3. The first-order valence-electron chi connectivity index (χ1n) is 6.59. The SMILES string of the molecule is O=C1C(NC2COC2)CCN1Cc1ccc(F)cc1. The third-order valence-electron chi connectivity index (χ3n) is 3.66. The Hall–Kier alpha value is -1.46. The summed E-state index contributed by atoms with van der Waals surface area (Å²) in [7, 11) is 0. The molecule has 1 atom stereocenters. The van der Waals surface area contributed by atoms with E-state index in [9.17, 15) is 9.18 Å².